The number of fused-ring (bicyclic) bond motifs is 3. The molecule has 192 valence electrons. The minimum atomic E-state index is -4.35. The zero-order valence-electron chi connectivity index (χ0n) is 21.6. The largest absolute Gasteiger partial charge is 0.748 e. The van der Waals surface area contributed by atoms with E-state index in [4.69, 9.17) is 0 Å². The second kappa shape index (κ2) is 10.7. The first-order valence-electron chi connectivity index (χ1n) is 12.3. The number of allylic oxidation sites excluding steroid dienone is 6. The molecule has 4 rings (SSSR count). The number of nitrogens with zero attached hydrogens (tertiary/aromatic N) is 3. The van der Waals surface area contributed by atoms with Crippen molar-refractivity contribution in [2.24, 2.45) is 0 Å². The van der Waals surface area contributed by atoms with Crippen LogP contribution in [0.25, 0.3) is 16.3 Å². The summed E-state index contributed by atoms with van der Waals surface area (Å²) in [5.41, 5.74) is 4.56. The summed E-state index contributed by atoms with van der Waals surface area (Å²) in [5, 5.41) is 22.0. The first-order valence-corrected chi connectivity index (χ1v) is 13.9. The fourth-order valence-electron chi connectivity index (χ4n) is 5.25. The van der Waals surface area contributed by atoms with Crippen molar-refractivity contribution >= 4 is 32.2 Å². The third-order valence-corrected chi connectivity index (χ3v) is 7.72. The molecule has 0 saturated carbocycles. The average molecular weight is 523 g/mol. The Labute approximate surface area is 224 Å². The van der Waals surface area contributed by atoms with Crippen molar-refractivity contribution in [3.63, 3.8) is 0 Å². The highest BCUT2D eigenvalue weighted by molar-refractivity contribution is 7.85. The number of anilines is 1. The third kappa shape index (κ3) is 5.26. The highest BCUT2D eigenvalue weighted by atomic mass is 32.2. The first kappa shape index (κ1) is 26.9. The summed E-state index contributed by atoms with van der Waals surface area (Å²) in [6.07, 6.45) is 3.78. The molecule has 6 nitrogen and oxygen atoms in total. The lowest BCUT2D eigenvalue weighted by atomic mass is 9.81. The Morgan fingerprint density at radius 2 is 1.68 bits per heavy atom. The van der Waals surface area contributed by atoms with E-state index in [1.54, 1.807) is 13.0 Å². The predicted octanol–water partition coefficient (Wildman–Crippen LogP) is 6.20. The van der Waals surface area contributed by atoms with Gasteiger partial charge in [-0.05, 0) is 53.5 Å². The van der Waals surface area contributed by atoms with E-state index in [0.717, 1.165) is 33.3 Å². The van der Waals surface area contributed by atoms with Crippen molar-refractivity contribution in [1.82, 2.24) is 0 Å². The molecule has 0 aromatic heterocycles. The van der Waals surface area contributed by atoms with Crippen LogP contribution in [0.15, 0.2) is 95.7 Å². The molecule has 1 aliphatic rings. The maximum atomic E-state index is 11.3. The molecule has 1 heterocycles. The summed E-state index contributed by atoms with van der Waals surface area (Å²) < 4.78 is 34.0. The van der Waals surface area contributed by atoms with Crippen molar-refractivity contribution < 1.29 is 13.0 Å². The van der Waals surface area contributed by atoms with Crippen LogP contribution in [0.4, 0.5) is 5.69 Å². The molecule has 0 aliphatic carbocycles. The third-order valence-electron chi connectivity index (χ3n) is 6.93. The molecule has 0 amide bonds. The molecule has 0 spiro atoms. The average Bonchev–Trinajstić information content (AvgIpc) is 3.11. The molecule has 0 unspecified atom stereocenters. The lowest BCUT2D eigenvalue weighted by molar-refractivity contribution is 0.461. The van der Waals surface area contributed by atoms with Crippen LogP contribution < -0.4 is 4.90 Å². The summed E-state index contributed by atoms with van der Waals surface area (Å²) in [5.74, 6) is -0.457. The second-order valence-corrected chi connectivity index (χ2v) is 11.3. The monoisotopic (exact) mass is 522 g/mol. The van der Waals surface area contributed by atoms with E-state index < -0.39 is 21.3 Å². The summed E-state index contributed by atoms with van der Waals surface area (Å²) in [4.78, 5) is 2.04. The molecule has 0 N–H and O–H groups in total. The van der Waals surface area contributed by atoms with Crippen molar-refractivity contribution in [3.8, 4) is 12.1 Å². The van der Waals surface area contributed by atoms with E-state index in [2.05, 4.69) is 38.1 Å². The van der Waals surface area contributed by atoms with Gasteiger partial charge in [0, 0.05) is 40.2 Å². The van der Waals surface area contributed by atoms with Crippen LogP contribution >= 0.6 is 0 Å². The Bertz CT molecular complexity index is 1670. The number of benzene rings is 3. The number of hydrogen-bond acceptors (Lipinski definition) is 6. The number of hydrogen-bond donors (Lipinski definition) is 0. The zero-order chi connectivity index (χ0) is 27.5. The normalized spacial score (nSPS) is 16.6. The van der Waals surface area contributed by atoms with Gasteiger partial charge in [0.2, 0.25) is 0 Å². The maximum Gasteiger partial charge on any atom is 0.0998 e. The molecule has 3 aromatic carbocycles. The topological polar surface area (TPSA) is 108 Å². The SMILES string of the molecule is C/C(C#N)=C(/C(C#N)=C/C=C1/N(CCCS(=O)(=O)[O-])c2ccc3ccccc3c2C1(C)C)c1ccccc1. The van der Waals surface area contributed by atoms with Crippen molar-refractivity contribution in [2.75, 3.05) is 17.2 Å². The van der Waals surface area contributed by atoms with E-state index in [9.17, 15) is 23.5 Å². The Morgan fingerprint density at radius 3 is 2.34 bits per heavy atom. The molecule has 3 aromatic rings. The molecule has 0 bridgehead atoms. The summed E-state index contributed by atoms with van der Waals surface area (Å²) in [6.45, 7) is 6.22. The number of rotatable bonds is 7. The van der Waals surface area contributed by atoms with Crippen molar-refractivity contribution in [3.05, 3.63) is 107 Å². The van der Waals surface area contributed by atoms with Gasteiger partial charge in [0.15, 0.2) is 0 Å². The minimum absolute atomic E-state index is 0.170. The van der Waals surface area contributed by atoms with Crippen LogP contribution in [-0.2, 0) is 15.5 Å². The number of nitriles is 2. The Balaban J connectivity index is 1.88. The van der Waals surface area contributed by atoms with Crippen LogP contribution in [0, 0.1) is 22.7 Å². The molecule has 0 radical (unpaired) electrons. The van der Waals surface area contributed by atoms with E-state index in [1.165, 1.54) is 0 Å². The smallest absolute Gasteiger partial charge is 0.0998 e. The van der Waals surface area contributed by atoms with E-state index in [0.29, 0.717) is 23.3 Å². The van der Waals surface area contributed by atoms with Gasteiger partial charge in [-0.25, -0.2) is 8.42 Å². The minimum Gasteiger partial charge on any atom is -0.748 e. The molecule has 1 aliphatic heterocycles. The van der Waals surface area contributed by atoms with E-state index in [-0.39, 0.29) is 6.42 Å². The molecule has 0 fully saturated rings. The van der Waals surface area contributed by atoms with Crippen LogP contribution in [0.2, 0.25) is 0 Å². The highest BCUT2D eigenvalue weighted by Gasteiger charge is 2.41. The summed E-state index contributed by atoms with van der Waals surface area (Å²) in [6, 6.07) is 25.9. The van der Waals surface area contributed by atoms with Gasteiger partial charge in [0.25, 0.3) is 0 Å². The quantitative estimate of drug-likeness (QED) is 0.208. The standard InChI is InChI=1S/C31H29N3O3S/c1-22(20-32)29(24-11-5-4-6-12-24)25(21-33)15-17-28-31(2,3)30-26-13-8-7-10-23(26)14-16-27(30)34(28)18-9-19-38(35,36)37/h4-8,10-17H,9,18-19H2,1-3H3,(H,35,36,37)/p-1/b25-15+,28-17+,29-22-. The second-order valence-electron chi connectivity index (χ2n) is 9.79. The molecular formula is C31H28N3O3S-. The van der Waals surface area contributed by atoms with Crippen LogP contribution in [0.1, 0.15) is 38.3 Å². The molecule has 0 saturated heterocycles. The summed E-state index contributed by atoms with van der Waals surface area (Å²) in [7, 11) is -4.35. The van der Waals surface area contributed by atoms with E-state index >= 15 is 0 Å². The van der Waals surface area contributed by atoms with Crippen LogP contribution in [0.3, 0.4) is 0 Å². The van der Waals surface area contributed by atoms with Crippen molar-refractivity contribution in [2.45, 2.75) is 32.6 Å². The van der Waals surface area contributed by atoms with Crippen molar-refractivity contribution in [1.29, 1.82) is 10.5 Å². The highest BCUT2D eigenvalue weighted by Crippen LogP contribution is 2.50. The Hall–Kier alpha value is -4.17. The first-order chi connectivity index (χ1) is 18.1. The Morgan fingerprint density at radius 1 is 1.00 bits per heavy atom. The van der Waals surface area contributed by atoms with Crippen LogP contribution in [-0.4, -0.2) is 25.3 Å². The van der Waals surface area contributed by atoms with Gasteiger partial charge < -0.3 is 9.45 Å². The van der Waals surface area contributed by atoms with E-state index in [1.807, 2.05) is 65.6 Å². The van der Waals surface area contributed by atoms with Gasteiger partial charge in [0.1, 0.15) is 0 Å². The fraction of sp³-hybridized carbons (Fsp3) is 0.226. The van der Waals surface area contributed by atoms with Gasteiger partial charge in [-0.1, -0.05) is 74.5 Å². The van der Waals surface area contributed by atoms with Gasteiger partial charge in [0.05, 0.1) is 27.8 Å². The van der Waals surface area contributed by atoms with Crippen LogP contribution in [0.5, 0.6) is 0 Å². The fourth-order valence-corrected chi connectivity index (χ4v) is 5.73. The molecule has 0 atom stereocenters. The van der Waals surface area contributed by atoms with Gasteiger partial charge >= 0.3 is 0 Å². The lowest BCUT2D eigenvalue weighted by Gasteiger charge is -2.27. The predicted molar refractivity (Wildman–Crippen MR) is 150 cm³/mol. The molecule has 38 heavy (non-hydrogen) atoms. The van der Waals surface area contributed by atoms with Gasteiger partial charge in [-0.15, -0.1) is 0 Å². The van der Waals surface area contributed by atoms with Gasteiger partial charge in [-0.2, -0.15) is 10.5 Å². The lowest BCUT2D eigenvalue weighted by Crippen LogP contribution is -2.28. The Kier molecular flexibility index (Phi) is 7.55. The summed E-state index contributed by atoms with van der Waals surface area (Å²) >= 11 is 0. The molecular weight excluding hydrogens is 494 g/mol. The zero-order valence-corrected chi connectivity index (χ0v) is 22.4. The molecule has 7 heteroatoms. The van der Waals surface area contributed by atoms with Gasteiger partial charge in [-0.3, -0.25) is 0 Å². The maximum absolute atomic E-state index is 11.3.